The predicted octanol–water partition coefficient (Wildman–Crippen LogP) is -0.0781. The average molecular weight is 275 g/mol. The van der Waals surface area contributed by atoms with E-state index in [0.29, 0.717) is 13.0 Å². The molecule has 0 aliphatic carbocycles. The molecule has 0 aromatic carbocycles. The lowest BCUT2D eigenvalue weighted by Crippen LogP contribution is -2.58. The second-order valence-electron chi connectivity index (χ2n) is 5.81. The van der Waals surface area contributed by atoms with E-state index in [9.17, 15) is 18.4 Å². The maximum absolute atomic E-state index is 13.8. The predicted molar refractivity (Wildman–Crippen MR) is 64.8 cm³/mol. The quantitative estimate of drug-likeness (QED) is 0.767. The highest BCUT2D eigenvalue weighted by Gasteiger charge is 2.55. The molecule has 0 bridgehead atoms. The van der Waals surface area contributed by atoms with E-state index < -0.39 is 24.3 Å². The number of alkyl halides is 2. The summed E-state index contributed by atoms with van der Waals surface area (Å²) in [6.07, 6.45) is -0.0925. The number of likely N-dealkylation sites (N-methyl/N-ethyl adjacent to an activating group) is 1. The topological polar surface area (TPSA) is 52.7 Å². The third-order valence-corrected chi connectivity index (χ3v) is 3.69. The largest absolute Gasteiger partial charge is 0.356 e. The first-order chi connectivity index (χ1) is 8.74. The summed E-state index contributed by atoms with van der Waals surface area (Å²) in [6.45, 7) is -0.00575. The van der Waals surface area contributed by atoms with Gasteiger partial charge in [-0.1, -0.05) is 0 Å². The van der Waals surface area contributed by atoms with E-state index in [2.05, 4.69) is 5.32 Å². The maximum atomic E-state index is 13.8. The molecule has 2 amide bonds. The van der Waals surface area contributed by atoms with Gasteiger partial charge < -0.3 is 15.1 Å². The molecule has 1 atom stereocenters. The van der Waals surface area contributed by atoms with Gasteiger partial charge >= 0.3 is 0 Å². The van der Waals surface area contributed by atoms with Crippen molar-refractivity contribution in [2.75, 3.05) is 40.3 Å². The number of carbonyl (C=O) groups is 2. The lowest BCUT2D eigenvalue weighted by atomic mass is 9.77. The fourth-order valence-electron chi connectivity index (χ4n) is 2.89. The molecule has 1 spiro atoms. The second-order valence-corrected chi connectivity index (χ2v) is 5.81. The molecular formula is C12H19F2N3O2. The van der Waals surface area contributed by atoms with Gasteiger partial charge in [-0.15, -0.1) is 0 Å². The van der Waals surface area contributed by atoms with Gasteiger partial charge in [-0.05, 0) is 20.5 Å². The van der Waals surface area contributed by atoms with Gasteiger partial charge in [0, 0.05) is 19.5 Å². The Morgan fingerprint density at radius 1 is 1.42 bits per heavy atom. The minimum atomic E-state index is -3.00. The summed E-state index contributed by atoms with van der Waals surface area (Å²) in [7, 11) is 3.41. The number of halogens is 2. The molecule has 2 aliphatic heterocycles. The van der Waals surface area contributed by atoms with Crippen molar-refractivity contribution in [3.63, 3.8) is 0 Å². The fourth-order valence-corrected chi connectivity index (χ4v) is 2.89. The van der Waals surface area contributed by atoms with Crippen LogP contribution in [0.3, 0.4) is 0 Å². The normalized spacial score (nSPS) is 29.9. The van der Waals surface area contributed by atoms with E-state index in [4.69, 9.17) is 0 Å². The zero-order valence-electron chi connectivity index (χ0n) is 11.2. The summed E-state index contributed by atoms with van der Waals surface area (Å²) in [4.78, 5) is 26.6. The molecule has 0 aromatic rings. The van der Waals surface area contributed by atoms with Gasteiger partial charge in [0.2, 0.25) is 11.8 Å². The zero-order valence-corrected chi connectivity index (χ0v) is 11.2. The standard InChI is InChI=1S/C12H19F2N3O2/c1-16(2)5-9(18)17-7-11(3-4-15-10(11)19)6-12(13,14)8-17/h3-8H2,1-2H3,(H,15,19)/t11-/m0/s1. The van der Waals surface area contributed by atoms with Crippen LogP contribution >= 0.6 is 0 Å². The van der Waals surface area contributed by atoms with Gasteiger partial charge in [0.15, 0.2) is 0 Å². The van der Waals surface area contributed by atoms with E-state index in [1.807, 2.05) is 0 Å². The van der Waals surface area contributed by atoms with Crippen molar-refractivity contribution in [2.24, 2.45) is 5.41 Å². The summed E-state index contributed by atoms with van der Waals surface area (Å²) in [5.41, 5.74) is -1.11. The Morgan fingerprint density at radius 2 is 2.11 bits per heavy atom. The molecule has 2 fully saturated rings. The van der Waals surface area contributed by atoms with Crippen LogP contribution in [-0.4, -0.2) is 67.8 Å². The van der Waals surface area contributed by atoms with Crippen molar-refractivity contribution in [2.45, 2.75) is 18.8 Å². The van der Waals surface area contributed by atoms with Crippen LogP contribution in [0.4, 0.5) is 8.78 Å². The van der Waals surface area contributed by atoms with E-state index in [1.54, 1.807) is 19.0 Å². The van der Waals surface area contributed by atoms with Crippen molar-refractivity contribution >= 4 is 11.8 Å². The SMILES string of the molecule is CN(C)CC(=O)N1CC(F)(F)C[C@@]2(CCNC2=O)C1. The highest BCUT2D eigenvalue weighted by molar-refractivity contribution is 5.87. The molecule has 7 heteroatoms. The molecule has 2 heterocycles. The first-order valence-electron chi connectivity index (χ1n) is 6.33. The summed E-state index contributed by atoms with van der Waals surface area (Å²) in [5, 5.41) is 2.60. The van der Waals surface area contributed by atoms with Crippen LogP contribution in [0, 0.1) is 5.41 Å². The Balaban J connectivity index is 2.18. The van der Waals surface area contributed by atoms with Gasteiger partial charge in [0.25, 0.3) is 5.92 Å². The van der Waals surface area contributed by atoms with E-state index in [-0.39, 0.29) is 24.9 Å². The highest BCUT2D eigenvalue weighted by atomic mass is 19.3. The van der Waals surface area contributed by atoms with Gasteiger partial charge in [-0.3, -0.25) is 9.59 Å². The molecule has 0 saturated carbocycles. The highest BCUT2D eigenvalue weighted by Crippen LogP contribution is 2.43. The van der Waals surface area contributed by atoms with E-state index in [1.165, 1.54) is 0 Å². The molecule has 2 saturated heterocycles. The number of nitrogens with one attached hydrogen (secondary N) is 1. The lowest BCUT2D eigenvalue weighted by molar-refractivity contribution is -0.160. The fraction of sp³-hybridized carbons (Fsp3) is 0.833. The van der Waals surface area contributed by atoms with Crippen molar-refractivity contribution in [1.82, 2.24) is 15.1 Å². The van der Waals surface area contributed by atoms with Gasteiger partial charge in [-0.25, -0.2) is 8.78 Å². The zero-order chi connectivity index (χ0) is 14.3. The molecule has 108 valence electrons. The molecule has 5 nitrogen and oxygen atoms in total. The molecule has 1 N–H and O–H groups in total. The first-order valence-corrected chi connectivity index (χ1v) is 6.33. The lowest BCUT2D eigenvalue weighted by Gasteiger charge is -2.42. The van der Waals surface area contributed by atoms with Gasteiger partial charge in [0.1, 0.15) is 0 Å². The van der Waals surface area contributed by atoms with E-state index in [0.717, 1.165) is 4.90 Å². The summed E-state index contributed by atoms with van der Waals surface area (Å²) in [5.74, 6) is -3.71. The second kappa shape index (κ2) is 4.70. The number of carbonyl (C=O) groups excluding carboxylic acids is 2. The molecule has 2 rings (SSSR count). The van der Waals surface area contributed by atoms with Crippen LogP contribution in [0.15, 0.2) is 0 Å². The third-order valence-electron chi connectivity index (χ3n) is 3.69. The summed E-state index contributed by atoms with van der Waals surface area (Å²) >= 11 is 0. The van der Waals surface area contributed by atoms with Crippen LogP contribution in [0.5, 0.6) is 0 Å². The van der Waals surface area contributed by atoms with Crippen molar-refractivity contribution < 1.29 is 18.4 Å². The monoisotopic (exact) mass is 275 g/mol. The Labute approximate surface area is 110 Å². The molecule has 0 unspecified atom stereocenters. The summed E-state index contributed by atoms with van der Waals surface area (Å²) < 4.78 is 27.7. The number of hydrogen-bond donors (Lipinski definition) is 1. The minimum Gasteiger partial charge on any atom is -0.356 e. The summed E-state index contributed by atoms with van der Waals surface area (Å²) in [6, 6.07) is 0. The van der Waals surface area contributed by atoms with Crippen LogP contribution in [0.25, 0.3) is 0 Å². The maximum Gasteiger partial charge on any atom is 0.266 e. The molecular weight excluding hydrogens is 256 g/mol. The van der Waals surface area contributed by atoms with Crippen LogP contribution in [0.2, 0.25) is 0 Å². The minimum absolute atomic E-state index is 0.0772. The number of piperidine rings is 1. The van der Waals surface area contributed by atoms with Crippen molar-refractivity contribution in [1.29, 1.82) is 0 Å². The van der Waals surface area contributed by atoms with Gasteiger partial charge in [0.05, 0.1) is 18.5 Å². The van der Waals surface area contributed by atoms with Gasteiger partial charge in [-0.2, -0.15) is 0 Å². The number of rotatable bonds is 2. The van der Waals surface area contributed by atoms with E-state index >= 15 is 0 Å². The molecule has 0 aromatic heterocycles. The Morgan fingerprint density at radius 3 is 2.63 bits per heavy atom. The molecule has 2 aliphatic rings. The van der Waals surface area contributed by atoms with Crippen LogP contribution in [0.1, 0.15) is 12.8 Å². The van der Waals surface area contributed by atoms with Crippen molar-refractivity contribution in [3.8, 4) is 0 Å². The number of hydrogen-bond acceptors (Lipinski definition) is 3. The number of likely N-dealkylation sites (tertiary alicyclic amines) is 1. The molecule has 19 heavy (non-hydrogen) atoms. The Hall–Kier alpha value is -1.24. The Kier molecular flexibility index (Phi) is 3.51. The van der Waals surface area contributed by atoms with Crippen LogP contribution < -0.4 is 5.32 Å². The average Bonchev–Trinajstić information content (AvgIpc) is 2.56. The number of amides is 2. The van der Waals surface area contributed by atoms with Crippen LogP contribution in [-0.2, 0) is 9.59 Å². The molecule has 0 radical (unpaired) electrons. The Bertz CT molecular complexity index is 400. The number of nitrogens with zero attached hydrogens (tertiary/aromatic N) is 2. The van der Waals surface area contributed by atoms with Crippen molar-refractivity contribution in [3.05, 3.63) is 0 Å². The first kappa shape index (κ1) is 14.2. The smallest absolute Gasteiger partial charge is 0.266 e. The third kappa shape index (κ3) is 2.86.